The summed E-state index contributed by atoms with van der Waals surface area (Å²) in [6.45, 7) is 8.00. The van der Waals surface area contributed by atoms with Crippen LogP contribution in [0.2, 0.25) is 0 Å². The Kier molecular flexibility index (Phi) is 9.11. The van der Waals surface area contributed by atoms with E-state index in [-0.39, 0.29) is 29.9 Å². The van der Waals surface area contributed by atoms with Crippen molar-refractivity contribution in [2.24, 2.45) is 16.8 Å². The molecule has 0 radical (unpaired) electrons. The van der Waals surface area contributed by atoms with E-state index in [9.17, 15) is 13.2 Å². The lowest BCUT2D eigenvalue weighted by molar-refractivity contribution is -0.143. The lowest BCUT2D eigenvalue weighted by atomic mass is 9.99. The van der Waals surface area contributed by atoms with Crippen molar-refractivity contribution in [2.75, 3.05) is 45.8 Å². The normalized spacial score (nSPS) is 24.1. The minimum absolute atomic E-state index is 0. The highest BCUT2D eigenvalue weighted by Crippen LogP contribution is 2.23. The monoisotopic (exact) mass is 462 g/mol. The van der Waals surface area contributed by atoms with Crippen molar-refractivity contribution in [3.63, 3.8) is 0 Å². The van der Waals surface area contributed by atoms with Crippen LogP contribution in [-0.2, 0) is 0 Å². The summed E-state index contributed by atoms with van der Waals surface area (Å²) >= 11 is 0. The molecule has 1 N–H and O–H groups in total. The number of halogens is 4. The van der Waals surface area contributed by atoms with Crippen molar-refractivity contribution >= 4 is 29.9 Å². The van der Waals surface area contributed by atoms with Gasteiger partial charge in [0, 0.05) is 32.7 Å². The minimum Gasteiger partial charge on any atom is -0.357 e. The first-order valence-electron chi connectivity index (χ1n) is 8.69. The molecule has 2 rings (SSSR count). The van der Waals surface area contributed by atoms with Crippen LogP contribution in [-0.4, -0.2) is 67.7 Å². The molecule has 1 atom stereocenters. The molecule has 0 aromatic rings. The molecule has 4 nitrogen and oxygen atoms in total. The van der Waals surface area contributed by atoms with Gasteiger partial charge in [-0.1, -0.05) is 6.92 Å². The molecule has 8 heteroatoms. The number of hydrogen-bond acceptors (Lipinski definition) is 2. The lowest BCUT2D eigenvalue weighted by Gasteiger charge is -2.33. The maximum atomic E-state index is 12.4. The average Bonchev–Trinajstić information content (AvgIpc) is 2.90. The van der Waals surface area contributed by atoms with Crippen LogP contribution < -0.4 is 5.32 Å². The first-order chi connectivity index (χ1) is 10.9. The van der Waals surface area contributed by atoms with E-state index in [2.05, 4.69) is 17.1 Å². The van der Waals surface area contributed by atoms with Crippen LogP contribution in [0.4, 0.5) is 13.2 Å². The molecule has 2 heterocycles. The highest BCUT2D eigenvalue weighted by molar-refractivity contribution is 14.0. The molecule has 142 valence electrons. The number of guanidine groups is 1. The number of piperidine rings is 1. The zero-order valence-corrected chi connectivity index (χ0v) is 16.9. The molecule has 2 aliphatic heterocycles. The highest BCUT2D eigenvalue weighted by atomic mass is 127. The topological polar surface area (TPSA) is 30.9 Å². The smallest absolute Gasteiger partial charge is 0.357 e. The first-order valence-corrected chi connectivity index (χ1v) is 8.69. The van der Waals surface area contributed by atoms with Gasteiger partial charge in [0.25, 0.3) is 0 Å². The fourth-order valence-electron chi connectivity index (χ4n) is 3.32. The van der Waals surface area contributed by atoms with E-state index < -0.39 is 12.7 Å². The number of nitrogens with one attached hydrogen (secondary N) is 1. The van der Waals surface area contributed by atoms with Gasteiger partial charge in [0.05, 0.1) is 6.54 Å². The molecule has 1 unspecified atom stereocenters. The maximum absolute atomic E-state index is 12.4. The van der Waals surface area contributed by atoms with Crippen LogP contribution in [0, 0.1) is 11.8 Å². The summed E-state index contributed by atoms with van der Waals surface area (Å²) in [6.07, 6.45) is -0.950. The Morgan fingerprint density at radius 3 is 2.42 bits per heavy atom. The van der Waals surface area contributed by atoms with E-state index in [4.69, 9.17) is 4.99 Å². The van der Waals surface area contributed by atoms with Crippen LogP contribution >= 0.6 is 24.0 Å². The van der Waals surface area contributed by atoms with Gasteiger partial charge >= 0.3 is 6.18 Å². The van der Waals surface area contributed by atoms with Crippen molar-refractivity contribution in [1.82, 2.24) is 15.1 Å². The Morgan fingerprint density at radius 1 is 1.17 bits per heavy atom. The molecule has 2 aliphatic rings. The van der Waals surface area contributed by atoms with Gasteiger partial charge in [0.15, 0.2) is 5.96 Å². The molecule has 2 fully saturated rings. The Morgan fingerprint density at radius 2 is 1.83 bits per heavy atom. The second-order valence-electron chi connectivity index (χ2n) is 6.87. The fraction of sp³-hybridized carbons (Fsp3) is 0.938. The van der Waals surface area contributed by atoms with Crippen LogP contribution in [0.3, 0.4) is 0 Å². The Labute approximate surface area is 160 Å². The molecule has 0 aliphatic carbocycles. The quantitative estimate of drug-likeness (QED) is 0.396. The third kappa shape index (κ3) is 7.33. The van der Waals surface area contributed by atoms with E-state index in [1.54, 1.807) is 0 Å². The zero-order chi connectivity index (χ0) is 16.9. The fourth-order valence-corrected chi connectivity index (χ4v) is 3.32. The van der Waals surface area contributed by atoms with E-state index in [0.29, 0.717) is 19.6 Å². The number of hydrogen-bond donors (Lipinski definition) is 1. The standard InChI is InChI=1S/C16H29F3N4.HI/c1-3-20-15(23-8-4-13(2)5-9-23)21-10-14-6-7-22(11-14)12-16(17,18)19;/h13-14H,3-12H2,1-2H3,(H,20,21);1H. The van der Waals surface area contributed by atoms with Gasteiger partial charge < -0.3 is 10.2 Å². The molecule has 0 aromatic carbocycles. The third-order valence-corrected chi connectivity index (χ3v) is 4.69. The second-order valence-corrected chi connectivity index (χ2v) is 6.87. The summed E-state index contributed by atoms with van der Waals surface area (Å²) < 4.78 is 37.3. The number of alkyl halides is 3. The average molecular weight is 462 g/mol. The van der Waals surface area contributed by atoms with Gasteiger partial charge in [-0.2, -0.15) is 13.2 Å². The lowest BCUT2D eigenvalue weighted by Crippen LogP contribution is -2.45. The molecule has 24 heavy (non-hydrogen) atoms. The molecule has 0 bridgehead atoms. The highest BCUT2D eigenvalue weighted by Gasteiger charge is 2.34. The number of aliphatic imine (C=N–C) groups is 1. The van der Waals surface area contributed by atoms with Crippen LogP contribution in [0.1, 0.15) is 33.1 Å². The number of likely N-dealkylation sites (tertiary alicyclic amines) is 2. The van der Waals surface area contributed by atoms with Crippen LogP contribution in [0.15, 0.2) is 4.99 Å². The molecule has 0 spiro atoms. The van der Waals surface area contributed by atoms with Crippen molar-refractivity contribution in [2.45, 2.75) is 39.3 Å². The van der Waals surface area contributed by atoms with Crippen molar-refractivity contribution in [3.05, 3.63) is 0 Å². The van der Waals surface area contributed by atoms with Crippen molar-refractivity contribution in [3.8, 4) is 0 Å². The van der Waals surface area contributed by atoms with Gasteiger partial charge in [-0.3, -0.25) is 9.89 Å². The van der Waals surface area contributed by atoms with E-state index in [1.165, 1.54) is 17.7 Å². The Bertz CT molecular complexity index is 395. The van der Waals surface area contributed by atoms with Gasteiger partial charge in [0.2, 0.25) is 0 Å². The largest absolute Gasteiger partial charge is 0.401 e. The molecular weight excluding hydrogens is 432 g/mol. The molecule has 0 aromatic heterocycles. The number of nitrogens with zero attached hydrogens (tertiary/aromatic N) is 3. The van der Waals surface area contributed by atoms with Crippen LogP contribution in [0.5, 0.6) is 0 Å². The first kappa shape index (κ1) is 21.8. The summed E-state index contributed by atoms with van der Waals surface area (Å²) in [6, 6.07) is 0. The number of rotatable bonds is 4. The van der Waals surface area contributed by atoms with Gasteiger partial charge in [0.1, 0.15) is 0 Å². The van der Waals surface area contributed by atoms with E-state index >= 15 is 0 Å². The summed E-state index contributed by atoms with van der Waals surface area (Å²) in [4.78, 5) is 8.48. The molecular formula is C16H30F3IN4. The predicted molar refractivity (Wildman–Crippen MR) is 102 cm³/mol. The summed E-state index contributed by atoms with van der Waals surface area (Å²) in [5.74, 6) is 1.92. The SMILES string of the molecule is CCNC(=NCC1CCN(CC(F)(F)F)C1)N1CCC(C)CC1.I. The van der Waals surface area contributed by atoms with Gasteiger partial charge in [-0.25, -0.2) is 0 Å². The van der Waals surface area contributed by atoms with Crippen molar-refractivity contribution in [1.29, 1.82) is 0 Å². The predicted octanol–water partition coefficient (Wildman–Crippen LogP) is 3.19. The van der Waals surface area contributed by atoms with Crippen LogP contribution in [0.25, 0.3) is 0 Å². The minimum atomic E-state index is -4.10. The van der Waals surface area contributed by atoms with Gasteiger partial charge in [-0.05, 0) is 44.6 Å². The van der Waals surface area contributed by atoms with Gasteiger partial charge in [-0.15, -0.1) is 24.0 Å². The summed E-state index contributed by atoms with van der Waals surface area (Å²) in [5, 5.41) is 3.32. The van der Waals surface area contributed by atoms with E-state index in [1.807, 2.05) is 6.92 Å². The second kappa shape index (κ2) is 10.0. The molecule has 2 saturated heterocycles. The summed E-state index contributed by atoms with van der Waals surface area (Å²) in [5.41, 5.74) is 0. The summed E-state index contributed by atoms with van der Waals surface area (Å²) in [7, 11) is 0. The zero-order valence-electron chi connectivity index (χ0n) is 14.6. The Hall–Kier alpha value is -0.250. The van der Waals surface area contributed by atoms with Crippen molar-refractivity contribution < 1.29 is 13.2 Å². The Balaban J connectivity index is 0.00000288. The molecule has 0 amide bonds. The molecule has 0 saturated carbocycles. The third-order valence-electron chi connectivity index (χ3n) is 4.69. The van der Waals surface area contributed by atoms with E-state index in [0.717, 1.165) is 37.9 Å². The maximum Gasteiger partial charge on any atom is 0.401 e.